The zero-order valence-corrected chi connectivity index (χ0v) is 14.3. The van der Waals surface area contributed by atoms with E-state index in [0.717, 1.165) is 47.8 Å². The molecule has 3 aromatic rings. The molecule has 1 fully saturated rings. The topological polar surface area (TPSA) is 87.6 Å². The molecule has 1 saturated carbocycles. The van der Waals surface area contributed by atoms with Crippen LogP contribution in [0.25, 0.3) is 22.1 Å². The summed E-state index contributed by atoms with van der Waals surface area (Å²) in [4.78, 5) is 13.6. The first-order valence-electron chi connectivity index (χ1n) is 8.85. The van der Waals surface area contributed by atoms with Gasteiger partial charge in [-0.1, -0.05) is 0 Å². The van der Waals surface area contributed by atoms with Crippen LogP contribution in [0.5, 0.6) is 0 Å². The molecule has 0 aromatic carbocycles. The second kappa shape index (κ2) is 6.41. The number of imidazole rings is 1. The van der Waals surface area contributed by atoms with E-state index in [0.29, 0.717) is 18.2 Å². The smallest absolute Gasteiger partial charge is 0.138 e. The predicted molar refractivity (Wildman–Crippen MR) is 94.7 cm³/mol. The first-order chi connectivity index (χ1) is 12.2. The quantitative estimate of drug-likeness (QED) is 0.789. The third kappa shape index (κ3) is 2.75. The molecule has 6 heteroatoms. The minimum Gasteiger partial charge on any atom is -0.385 e. The van der Waals surface area contributed by atoms with Gasteiger partial charge in [-0.2, -0.15) is 5.26 Å². The number of hydrogen-bond donors (Lipinski definition) is 1. The molecule has 0 aliphatic heterocycles. The molecule has 0 bridgehead atoms. The van der Waals surface area contributed by atoms with Crippen LogP contribution in [-0.2, 0) is 0 Å². The Morgan fingerprint density at radius 2 is 2.08 bits per heavy atom. The largest absolute Gasteiger partial charge is 0.385 e. The molecule has 0 spiro atoms. The van der Waals surface area contributed by atoms with Crippen molar-refractivity contribution in [3.8, 4) is 6.07 Å². The minimum absolute atomic E-state index is 0.275. The first-order valence-corrected chi connectivity index (χ1v) is 8.85. The van der Waals surface area contributed by atoms with E-state index in [1.807, 2.05) is 12.1 Å². The van der Waals surface area contributed by atoms with Gasteiger partial charge in [0.05, 0.1) is 23.3 Å². The van der Waals surface area contributed by atoms with E-state index in [2.05, 4.69) is 25.6 Å². The molecule has 1 N–H and O–H groups in total. The third-order valence-electron chi connectivity index (χ3n) is 5.24. The van der Waals surface area contributed by atoms with Crippen molar-refractivity contribution < 1.29 is 5.11 Å². The lowest BCUT2D eigenvalue weighted by molar-refractivity contribution is 0.175. The van der Waals surface area contributed by atoms with Crippen LogP contribution in [0.4, 0.5) is 0 Å². The van der Waals surface area contributed by atoms with Crippen LogP contribution in [0, 0.1) is 17.2 Å². The van der Waals surface area contributed by atoms with Gasteiger partial charge in [0.2, 0.25) is 0 Å². The lowest BCUT2D eigenvalue weighted by Crippen LogP contribution is -2.20. The Labute approximate surface area is 146 Å². The number of nitriles is 1. The zero-order valence-electron chi connectivity index (χ0n) is 14.3. The fraction of sp³-hybridized carbons (Fsp3) is 0.474. The first kappa shape index (κ1) is 16.0. The van der Waals surface area contributed by atoms with Crippen molar-refractivity contribution in [3.63, 3.8) is 0 Å². The SMILES string of the molecule is CC(O)c1nc2cnc3cccnc3c2n1C1CCC(CC#N)CC1. The standard InChI is InChI=1S/C19H21N5O/c1-12(25)19-23-16-11-22-15-3-2-10-21-17(15)18(16)24(19)14-6-4-13(5-7-14)8-9-20/h2-3,10-14,25H,4-8H2,1H3. The average molecular weight is 335 g/mol. The molecule has 128 valence electrons. The molecule has 4 rings (SSSR count). The van der Waals surface area contributed by atoms with Crippen molar-refractivity contribution in [2.75, 3.05) is 0 Å². The van der Waals surface area contributed by atoms with Crippen molar-refractivity contribution in [2.24, 2.45) is 5.92 Å². The monoisotopic (exact) mass is 335 g/mol. The molecular weight excluding hydrogens is 314 g/mol. The summed E-state index contributed by atoms with van der Waals surface area (Å²) in [5.41, 5.74) is 3.41. The fourth-order valence-corrected chi connectivity index (χ4v) is 4.01. The van der Waals surface area contributed by atoms with Gasteiger partial charge in [-0.15, -0.1) is 0 Å². The molecular formula is C19H21N5O. The van der Waals surface area contributed by atoms with E-state index < -0.39 is 6.10 Å². The summed E-state index contributed by atoms with van der Waals surface area (Å²) in [7, 11) is 0. The summed E-state index contributed by atoms with van der Waals surface area (Å²) in [6.07, 6.45) is 7.58. The average Bonchev–Trinajstić information content (AvgIpc) is 3.03. The number of hydrogen-bond acceptors (Lipinski definition) is 5. The summed E-state index contributed by atoms with van der Waals surface area (Å²) < 4.78 is 2.18. The molecule has 3 aromatic heterocycles. The van der Waals surface area contributed by atoms with E-state index in [-0.39, 0.29) is 6.04 Å². The molecule has 1 atom stereocenters. The van der Waals surface area contributed by atoms with Gasteiger partial charge in [-0.05, 0) is 50.7 Å². The molecule has 3 heterocycles. The third-order valence-corrected chi connectivity index (χ3v) is 5.24. The fourth-order valence-electron chi connectivity index (χ4n) is 4.01. The number of nitrogens with zero attached hydrogens (tertiary/aromatic N) is 5. The van der Waals surface area contributed by atoms with Gasteiger partial charge in [-0.25, -0.2) is 4.98 Å². The van der Waals surface area contributed by atoms with Gasteiger partial charge in [0.15, 0.2) is 0 Å². The Morgan fingerprint density at radius 1 is 1.28 bits per heavy atom. The van der Waals surface area contributed by atoms with Gasteiger partial charge < -0.3 is 9.67 Å². The second-order valence-corrected chi connectivity index (χ2v) is 6.92. The summed E-state index contributed by atoms with van der Waals surface area (Å²) in [6.45, 7) is 1.75. The highest BCUT2D eigenvalue weighted by Crippen LogP contribution is 2.38. The molecule has 0 radical (unpaired) electrons. The highest BCUT2D eigenvalue weighted by atomic mass is 16.3. The summed E-state index contributed by atoms with van der Waals surface area (Å²) >= 11 is 0. The number of aromatic nitrogens is 4. The van der Waals surface area contributed by atoms with E-state index in [1.54, 1.807) is 19.3 Å². The van der Waals surface area contributed by atoms with Gasteiger partial charge in [-0.3, -0.25) is 9.97 Å². The molecule has 6 nitrogen and oxygen atoms in total. The van der Waals surface area contributed by atoms with Crippen molar-refractivity contribution in [1.82, 2.24) is 19.5 Å². The summed E-state index contributed by atoms with van der Waals surface area (Å²) in [5, 5.41) is 19.2. The van der Waals surface area contributed by atoms with E-state index in [9.17, 15) is 5.11 Å². The highest BCUT2D eigenvalue weighted by molar-refractivity contribution is 5.99. The molecule has 1 unspecified atom stereocenters. The van der Waals surface area contributed by atoms with Gasteiger partial charge in [0.25, 0.3) is 0 Å². The van der Waals surface area contributed by atoms with Crippen LogP contribution >= 0.6 is 0 Å². The molecule has 1 aliphatic rings. The van der Waals surface area contributed by atoms with Crippen LogP contribution < -0.4 is 0 Å². The van der Waals surface area contributed by atoms with Crippen LogP contribution in [0.15, 0.2) is 24.5 Å². The van der Waals surface area contributed by atoms with Crippen molar-refractivity contribution in [1.29, 1.82) is 5.26 Å². The van der Waals surface area contributed by atoms with Gasteiger partial charge >= 0.3 is 0 Å². The van der Waals surface area contributed by atoms with E-state index in [1.165, 1.54) is 0 Å². The Hall–Kier alpha value is -2.52. The lowest BCUT2D eigenvalue weighted by atomic mass is 9.84. The van der Waals surface area contributed by atoms with Crippen LogP contribution in [0.2, 0.25) is 0 Å². The normalized spacial score (nSPS) is 22.1. The number of aliphatic hydroxyl groups is 1. The maximum absolute atomic E-state index is 10.3. The number of pyridine rings is 2. The van der Waals surface area contributed by atoms with Crippen molar-refractivity contribution in [3.05, 3.63) is 30.4 Å². The van der Waals surface area contributed by atoms with Crippen molar-refractivity contribution in [2.45, 2.75) is 51.2 Å². The van der Waals surface area contributed by atoms with Gasteiger partial charge in [0, 0.05) is 18.7 Å². The highest BCUT2D eigenvalue weighted by Gasteiger charge is 2.28. The van der Waals surface area contributed by atoms with Crippen molar-refractivity contribution >= 4 is 22.1 Å². The molecule has 0 amide bonds. The number of aliphatic hydroxyl groups excluding tert-OH is 1. The summed E-state index contributed by atoms with van der Waals surface area (Å²) in [6, 6.07) is 6.40. The lowest BCUT2D eigenvalue weighted by Gasteiger charge is -2.30. The Kier molecular flexibility index (Phi) is 4.10. The van der Waals surface area contributed by atoms with E-state index >= 15 is 0 Å². The molecule has 0 saturated heterocycles. The van der Waals surface area contributed by atoms with Gasteiger partial charge in [0.1, 0.15) is 23.0 Å². The number of rotatable bonds is 3. The molecule has 1 aliphatic carbocycles. The molecule has 25 heavy (non-hydrogen) atoms. The Morgan fingerprint density at radius 3 is 2.80 bits per heavy atom. The maximum atomic E-state index is 10.3. The second-order valence-electron chi connectivity index (χ2n) is 6.92. The summed E-state index contributed by atoms with van der Waals surface area (Å²) in [5.74, 6) is 1.17. The zero-order chi connectivity index (χ0) is 17.4. The Bertz CT molecular complexity index is 947. The van der Waals surface area contributed by atoms with Crippen LogP contribution in [0.1, 0.15) is 57.0 Å². The predicted octanol–water partition coefficient (Wildman–Crippen LogP) is 3.68. The minimum atomic E-state index is -0.650. The maximum Gasteiger partial charge on any atom is 0.138 e. The van der Waals surface area contributed by atoms with E-state index in [4.69, 9.17) is 5.26 Å². The number of fused-ring (bicyclic) bond motifs is 3. The van der Waals surface area contributed by atoms with Crippen LogP contribution in [0.3, 0.4) is 0 Å². The Balaban J connectivity index is 1.85. The van der Waals surface area contributed by atoms with Crippen LogP contribution in [-0.4, -0.2) is 24.6 Å².